The molecule has 0 aromatic rings. The number of hydrogen-bond acceptors (Lipinski definition) is 3. The minimum atomic E-state index is -0.242. The quantitative estimate of drug-likeness (QED) is 0.660. The molecule has 16 heavy (non-hydrogen) atoms. The van der Waals surface area contributed by atoms with Crippen LogP contribution in [-0.4, -0.2) is 37.1 Å². The van der Waals surface area contributed by atoms with Crippen LogP contribution < -0.4 is 10.6 Å². The molecule has 1 atom stereocenters. The number of rotatable bonds is 5. The lowest BCUT2D eigenvalue weighted by atomic mass is 10.2. The van der Waals surface area contributed by atoms with Crippen LogP contribution in [0, 0.1) is 0 Å². The van der Waals surface area contributed by atoms with Gasteiger partial charge in [0.25, 0.3) is 0 Å². The van der Waals surface area contributed by atoms with Gasteiger partial charge in [0.1, 0.15) is 6.42 Å². The highest BCUT2D eigenvalue weighted by molar-refractivity contribution is 5.96. The molecule has 1 saturated heterocycles. The predicted octanol–water partition coefficient (Wildman–Crippen LogP) is 0.196. The zero-order valence-electron chi connectivity index (χ0n) is 9.91. The van der Waals surface area contributed by atoms with E-state index in [4.69, 9.17) is 4.74 Å². The molecule has 92 valence electrons. The normalized spacial score (nSPS) is 19.8. The summed E-state index contributed by atoms with van der Waals surface area (Å²) in [6.45, 7) is 5.01. The summed E-state index contributed by atoms with van der Waals surface area (Å²) >= 11 is 0. The van der Waals surface area contributed by atoms with Crippen molar-refractivity contribution in [3.05, 3.63) is 0 Å². The summed E-state index contributed by atoms with van der Waals surface area (Å²) in [5.74, 6) is -0.478. The van der Waals surface area contributed by atoms with Crippen molar-refractivity contribution in [1.82, 2.24) is 10.6 Å². The first-order valence-electron chi connectivity index (χ1n) is 5.75. The van der Waals surface area contributed by atoms with Crippen molar-refractivity contribution in [3.8, 4) is 0 Å². The molecule has 0 saturated carbocycles. The lowest BCUT2D eigenvalue weighted by Gasteiger charge is -2.11. The Balaban J connectivity index is 2.12. The maximum atomic E-state index is 11.4. The van der Waals surface area contributed by atoms with Crippen LogP contribution in [0.2, 0.25) is 0 Å². The second-order valence-corrected chi connectivity index (χ2v) is 4.34. The summed E-state index contributed by atoms with van der Waals surface area (Å²) in [6.07, 6.45) is 2.05. The molecular weight excluding hydrogens is 208 g/mol. The van der Waals surface area contributed by atoms with Gasteiger partial charge in [0, 0.05) is 19.2 Å². The summed E-state index contributed by atoms with van der Waals surface area (Å²) in [7, 11) is 0. The van der Waals surface area contributed by atoms with Gasteiger partial charge in [-0.05, 0) is 26.7 Å². The average molecular weight is 228 g/mol. The topological polar surface area (TPSA) is 67.4 Å². The highest BCUT2D eigenvalue weighted by atomic mass is 16.5. The van der Waals surface area contributed by atoms with Crippen LogP contribution in [0.4, 0.5) is 0 Å². The minimum Gasteiger partial charge on any atom is -0.376 e. The zero-order valence-corrected chi connectivity index (χ0v) is 9.91. The summed E-state index contributed by atoms with van der Waals surface area (Å²) in [5.41, 5.74) is 0. The average Bonchev–Trinajstić information content (AvgIpc) is 2.65. The Hall–Kier alpha value is -1.10. The van der Waals surface area contributed by atoms with Crippen molar-refractivity contribution in [3.63, 3.8) is 0 Å². The zero-order chi connectivity index (χ0) is 12.0. The Kier molecular flexibility index (Phi) is 5.25. The van der Waals surface area contributed by atoms with Crippen molar-refractivity contribution < 1.29 is 14.3 Å². The van der Waals surface area contributed by atoms with Gasteiger partial charge in [-0.15, -0.1) is 0 Å². The van der Waals surface area contributed by atoms with Crippen LogP contribution >= 0.6 is 0 Å². The summed E-state index contributed by atoms with van der Waals surface area (Å²) in [5, 5.41) is 5.37. The van der Waals surface area contributed by atoms with Crippen molar-refractivity contribution in [1.29, 1.82) is 0 Å². The van der Waals surface area contributed by atoms with Crippen LogP contribution in [0.15, 0.2) is 0 Å². The van der Waals surface area contributed by atoms with E-state index in [0.717, 1.165) is 19.4 Å². The molecule has 1 heterocycles. The highest BCUT2D eigenvalue weighted by Gasteiger charge is 2.17. The maximum Gasteiger partial charge on any atom is 0.229 e. The Morgan fingerprint density at radius 2 is 2.12 bits per heavy atom. The fourth-order valence-electron chi connectivity index (χ4n) is 1.61. The maximum absolute atomic E-state index is 11.4. The Morgan fingerprint density at radius 1 is 1.38 bits per heavy atom. The van der Waals surface area contributed by atoms with E-state index in [1.807, 2.05) is 13.8 Å². The van der Waals surface area contributed by atoms with Crippen LogP contribution in [0.25, 0.3) is 0 Å². The van der Waals surface area contributed by atoms with Crippen LogP contribution in [-0.2, 0) is 14.3 Å². The van der Waals surface area contributed by atoms with Crippen LogP contribution in [0.3, 0.4) is 0 Å². The third kappa shape index (κ3) is 5.11. The summed E-state index contributed by atoms with van der Waals surface area (Å²) in [6, 6.07) is 0.0680. The number of hydrogen-bond donors (Lipinski definition) is 2. The molecule has 1 fully saturated rings. The molecule has 0 radical (unpaired) electrons. The first-order chi connectivity index (χ1) is 7.58. The van der Waals surface area contributed by atoms with Crippen molar-refractivity contribution >= 4 is 11.8 Å². The van der Waals surface area contributed by atoms with Crippen molar-refractivity contribution in [2.24, 2.45) is 0 Å². The summed E-state index contributed by atoms with van der Waals surface area (Å²) in [4.78, 5) is 22.6. The van der Waals surface area contributed by atoms with E-state index in [2.05, 4.69) is 10.6 Å². The van der Waals surface area contributed by atoms with Gasteiger partial charge < -0.3 is 15.4 Å². The van der Waals surface area contributed by atoms with Gasteiger partial charge in [0.05, 0.1) is 6.10 Å². The van der Waals surface area contributed by atoms with Gasteiger partial charge in [-0.3, -0.25) is 9.59 Å². The number of amides is 2. The SMILES string of the molecule is CC(C)NC(=O)CC(=O)NCC1CCCO1. The molecule has 2 N–H and O–H groups in total. The van der Waals surface area contributed by atoms with Crippen LogP contribution in [0.5, 0.6) is 0 Å². The number of nitrogens with one attached hydrogen (secondary N) is 2. The van der Waals surface area contributed by atoms with E-state index in [0.29, 0.717) is 6.54 Å². The van der Waals surface area contributed by atoms with E-state index >= 15 is 0 Å². The van der Waals surface area contributed by atoms with Gasteiger partial charge in [0.15, 0.2) is 0 Å². The second kappa shape index (κ2) is 6.48. The molecule has 5 heteroatoms. The molecule has 2 amide bonds. The number of carbonyl (C=O) groups is 2. The smallest absolute Gasteiger partial charge is 0.229 e. The molecule has 1 aliphatic rings. The molecule has 0 aromatic carbocycles. The Bertz CT molecular complexity index is 248. The molecule has 1 rings (SSSR count). The highest BCUT2D eigenvalue weighted by Crippen LogP contribution is 2.10. The molecule has 0 aliphatic carbocycles. The largest absolute Gasteiger partial charge is 0.376 e. The van der Waals surface area contributed by atoms with Crippen molar-refractivity contribution in [2.75, 3.05) is 13.2 Å². The van der Waals surface area contributed by atoms with Gasteiger partial charge in [-0.25, -0.2) is 0 Å². The first-order valence-corrected chi connectivity index (χ1v) is 5.75. The minimum absolute atomic E-state index is 0.0680. The second-order valence-electron chi connectivity index (χ2n) is 4.34. The van der Waals surface area contributed by atoms with E-state index in [9.17, 15) is 9.59 Å². The molecule has 0 spiro atoms. The van der Waals surface area contributed by atoms with Gasteiger partial charge in [0.2, 0.25) is 11.8 Å². The van der Waals surface area contributed by atoms with Crippen LogP contribution in [0.1, 0.15) is 33.1 Å². The van der Waals surface area contributed by atoms with Crippen molar-refractivity contribution in [2.45, 2.75) is 45.3 Å². The van der Waals surface area contributed by atoms with E-state index in [1.54, 1.807) is 0 Å². The monoisotopic (exact) mass is 228 g/mol. The van der Waals surface area contributed by atoms with E-state index in [-0.39, 0.29) is 30.4 Å². The number of ether oxygens (including phenoxy) is 1. The molecule has 0 bridgehead atoms. The lowest BCUT2D eigenvalue weighted by Crippen LogP contribution is -2.37. The standard InChI is InChI=1S/C11H20N2O3/c1-8(2)13-11(15)6-10(14)12-7-9-4-3-5-16-9/h8-9H,3-7H2,1-2H3,(H,12,14)(H,13,15). The Labute approximate surface area is 95.9 Å². The number of carbonyl (C=O) groups excluding carboxylic acids is 2. The molecule has 0 aromatic heterocycles. The van der Waals surface area contributed by atoms with E-state index in [1.165, 1.54) is 0 Å². The van der Waals surface area contributed by atoms with Gasteiger partial charge in [-0.2, -0.15) is 0 Å². The third-order valence-electron chi connectivity index (χ3n) is 2.32. The van der Waals surface area contributed by atoms with Gasteiger partial charge in [-0.1, -0.05) is 0 Å². The van der Waals surface area contributed by atoms with Gasteiger partial charge >= 0.3 is 0 Å². The third-order valence-corrected chi connectivity index (χ3v) is 2.32. The summed E-state index contributed by atoms with van der Waals surface area (Å²) < 4.78 is 5.36. The fourth-order valence-corrected chi connectivity index (χ4v) is 1.61. The fraction of sp³-hybridized carbons (Fsp3) is 0.818. The molecule has 5 nitrogen and oxygen atoms in total. The Morgan fingerprint density at radius 3 is 2.69 bits per heavy atom. The van der Waals surface area contributed by atoms with E-state index < -0.39 is 0 Å². The first kappa shape index (κ1) is 13.0. The molecule has 1 aliphatic heterocycles. The molecular formula is C11H20N2O3. The lowest BCUT2D eigenvalue weighted by molar-refractivity contribution is -0.129. The predicted molar refractivity (Wildman–Crippen MR) is 59.9 cm³/mol. The molecule has 1 unspecified atom stereocenters.